The number of carbonyl (C=O) groups is 2. The van der Waals surface area contributed by atoms with Gasteiger partial charge in [-0.05, 0) is 31.4 Å². The Balaban J connectivity index is 2.08. The van der Waals surface area contributed by atoms with Gasteiger partial charge in [0.25, 0.3) is 5.91 Å². The molecule has 0 bridgehead atoms. The Bertz CT molecular complexity index is 487. The van der Waals surface area contributed by atoms with Gasteiger partial charge in [0.2, 0.25) is 0 Å². The Morgan fingerprint density at radius 3 is 2.90 bits per heavy atom. The molecule has 1 fully saturated rings. The van der Waals surface area contributed by atoms with Gasteiger partial charge in [0.05, 0.1) is 5.56 Å². The van der Waals surface area contributed by atoms with Gasteiger partial charge in [-0.3, -0.25) is 4.79 Å². The van der Waals surface area contributed by atoms with Crippen molar-refractivity contribution in [3.8, 4) is 0 Å². The van der Waals surface area contributed by atoms with Gasteiger partial charge in [0.1, 0.15) is 11.9 Å². The summed E-state index contributed by atoms with van der Waals surface area (Å²) in [6.07, 6.45) is 3.86. The van der Waals surface area contributed by atoms with Crippen molar-refractivity contribution in [1.82, 2.24) is 10.3 Å². The number of aliphatic carboxylic acids is 1. The van der Waals surface area contributed by atoms with Crippen LogP contribution in [0.25, 0.3) is 0 Å². The summed E-state index contributed by atoms with van der Waals surface area (Å²) in [5.74, 6) is -0.363. The monoisotopic (exact) mass is 277 g/mol. The lowest BCUT2D eigenvalue weighted by Crippen LogP contribution is -2.36. The van der Waals surface area contributed by atoms with Crippen LogP contribution in [-0.2, 0) is 4.79 Å². The second-order valence-electron chi connectivity index (χ2n) is 4.85. The topological polar surface area (TPSA) is 82.5 Å². The van der Waals surface area contributed by atoms with E-state index in [4.69, 9.17) is 5.11 Å². The van der Waals surface area contributed by atoms with E-state index in [0.717, 1.165) is 12.8 Å². The average molecular weight is 277 g/mol. The third-order valence-corrected chi connectivity index (χ3v) is 3.38. The zero-order valence-electron chi connectivity index (χ0n) is 11.5. The number of carboxylic acid groups (broad SMARTS) is 1. The lowest BCUT2D eigenvalue weighted by Gasteiger charge is -2.22. The van der Waals surface area contributed by atoms with Gasteiger partial charge in [0.15, 0.2) is 0 Å². The standard InChI is InChI=1S/C14H19N3O3/c1-2-7-15-13(18)10-5-6-12(16-9-10)17-8-3-4-11(17)14(19)20/h5-6,9,11H,2-4,7-8H2,1H3,(H,15,18)(H,19,20). The van der Waals surface area contributed by atoms with Crippen molar-refractivity contribution in [1.29, 1.82) is 0 Å². The van der Waals surface area contributed by atoms with Crippen LogP contribution in [0.4, 0.5) is 5.82 Å². The number of carboxylic acids is 1. The van der Waals surface area contributed by atoms with Crippen LogP contribution < -0.4 is 10.2 Å². The van der Waals surface area contributed by atoms with Gasteiger partial charge in [-0.15, -0.1) is 0 Å². The van der Waals surface area contributed by atoms with Crippen molar-refractivity contribution in [2.24, 2.45) is 0 Å². The molecule has 1 aromatic heterocycles. The normalized spacial score (nSPS) is 18.1. The fourth-order valence-corrected chi connectivity index (χ4v) is 2.33. The Kier molecular flexibility index (Phi) is 4.55. The first-order chi connectivity index (χ1) is 9.63. The summed E-state index contributed by atoms with van der Waals surface area (Å²) in [6.45, 7) is 3.31. The van der Waals surface area contributed by atoms with Crippen LogP contribution in [0.2, 0.25) is 0 Å². The molecule has 1 atom stereocenters. The van der Waals surface area contributed by atoms with E-state index in [2.05, 4.69) is 10.3 Å². The molecule has 6 heteroatoms. The molecule has 108 valence electrons. The van der Waals surface area contributed by atoms with E-state index in [9.17, 15) is 9.59 Å². The molecule has 1 saturated heterocycles. The third kappa shape index (κ3) is 3.07. The van der Waals surface area contributed by atoms with Gasteiger partial charge in [-0.2, -0.15) is 0 Å². The zero-order chi connectivity index (χ0) is 14.5. The molecular formula is C14H19N3O3. The summed E-state index contributed by atoms with van der Waals surface area (Å²) in [7, 11) is 0. The predicted octanol–water partition coefficient (Wildman–Crippen LogP) is 1.27. The average Bonchev–Trinajstić information content (AvgIpc) is 2.94. The minimum Gasteiger partial charge on any atom is -0.480 e. The molecule has 2 N–H and O–H groups in total. The first kappa shape index (κ1) is 14.3. The van der Waals surface area contributed by atoms with Crippen molar-refractivity contribution >= 4 is 17.7 Å². The van der Waals surface area contributed by atoms with E-state index in [1.165, 1.54) is 6.20 Å². The number of anilines is 1. The molecule has 0 saturated carbocycles. The largest absolute Gasteiger partial charge is 0.480 e. The second kappa shape index (κ2) is 6.36. The molecule has 0 spiro atoms. The number of carbonyl (C=O) groups excluding carboxylic acids is 1. The number of amides is 1. The highest BCUT2D eigenvalue weighted by Gasteiger charge is 2.31. The van der Waals surface area contributed by atoms with Gasteiger partial charge in [-0.25, -0.2) is 9.78 Å². The van der Waals surface area contributed by atoms with Gasteiger partial charge in [0, 0.05) is 19.3 Å². The molecule has 1 aliphatic rings. The van der Waals surface area contributed by atoms with Crippen molar-refractivity contribution in [2.75, 3.05) is 18.0 Å². The quantitative estimate of drug-likeness (QED) is 0.847. The van der Waals surface area contributed by atoms with Crippen LogP contribution in [-0.4, -0.2) is 41.1 Å². The van der Waals surface area contributed by atoms with E-state index in [1.54, 1.807) is 17.0 Å². The molecule has 2 rings (SSSR count). The minimum absolute atomic E-state index is 0.151. The summed E-state index contributed by atoms with van der Waals surface area (Å²) in [4.78, 5) is 28.9. The van der Waals surface area contributed by atoms with E-state index in [-0.39, 0.29) is 5.91 Å². The Labute approximate surface area is 117 Å². The highest BCUT2D eigenvalue weighted by molar-refractivity contribution is 5.94. The molecule has 1 amide bonds. The predicted molar refractivity (Wildman–Crippen MR) is 74.9 cm³/mol. The van der Waals surface area contributed by atoms with Crippen molar-refractivity contribution in [3.05, 3.63) is 23.9 Å². The highest BCUT2D eigenvalue weighted by Crippen LogP contribution is 2.23. The fraction of sp³-hybridized carbons (Fsp3) is 0.500. The molecule has 2 heterocycles. The first-order valence-corrected chi connectivity index (χ1v) is 6.87. The lowest BCUT2D eigenvalue weighted by atomic mass is 10.2. The Morgan fingerprint density at radius 2 is 2.30 bits per heavy atom. The number of aromatic nitrogens is 1. The van der Waals surface area contributed by atoms with Crippen LogP contribution in [0.3, 0.4) is 0 Å². The SMILES string of the molecule is CCCNC(=O)c1ccc(N2CCCC2C(=O)O)nc1. The molecule has 1 unspecified atom stereocenters. The third-order valence-electron chi connectivity index (χ3n) is 3.38. The number of hydrogen-bond donors (Lipinski definition) is 2. The summed E-state index contributed by atoms with van der Waals surface area (Å²) in [6, 6.07) is 2.88. The molecule has 1 aromatic rings. The van der Waals surface area contributed by atoms with Crippen LogP contribution in [0.5, 0.6) is 0 Å². The maximum absolute atomic E-state index is 11.7. The number of hydrogen-bond acceptors (Lipinski definition) is 4. The molecular weight excluding hydrogens is 258 g/mol. The van der Waals surface area contributed by atoms with Crippen molar-refractivity contribution in [2.45, 2.75) is 32.2 Å². The van der Waals surface area contributed by atoms with Gasteiger partial charge < -0.3 is 15.3 Å². The van der Waals surface area contributed by atoms with Crippen molar-refractivity contribution < 1.29 is 14.7 Å². The summed E-state index contributed by atoms with van der Waals surface area (Å²) < 4.78 is 0. The van der Waals surface area contributed by atoms with Crippen LogP contribution in [0, 0.1) is 0 Å². The molecule has 0 aromatic carbocycles. The maximum Gasteiger partial charge on any atom is 0.326 e. The molecule has 6 nitrogen and oxygen atoms in total. The van der Waals surface area contributed by atoms with E-state index >= 15 is 0 Å². The number of rotatable bonds is 5. The Morgan fingerprint density at radius 1 is 1.50 bits per heavy atom. The first-order valence-electron chi connectivity index (χ1n) is 6.87. The van der Waals surface area contributed by atoms with Gasteiger partial charge in [-0.1, -0.05) is 6.92 Å². The highest BCUT2D eigenvalue weighted by atomic mass is 16.4. The second-order valence-corrected chi connectivity index (χ2v) is 4.85. The van der Waals surface area contributed by atoms with E-state index in [0.29, 0.717) is 30.9 Å². The van der Waals surface area contributed by atoms with E-state index < -0.39 is 12.0 Å². The van der Waals surface area contributed by atoms with E-state index in [1.807, 2.05) is 6.92 Å². The summed E-state index contributed by atoms with van der Waals surface area (Å²) in [5, 5.41) is 11.9. The summed E-state index contributed by atoms with van der Waals surface area (Å²) in [5.41, 5.74) is 0.494. The zero-order valence-corrected chi connectivity index (χ0v) is 11.5. The summed E-state index contributed by atoms with van der Waals surface area (Å²) >= 11 is 0. The molecule has 0 aliphatic carbocycles. The van der Waals surface area contributed by atoms with Crippen LogP contribution >= 0.6 is 0 Å². The molecule has 0 radical (unpaired) electrons. The molecule has 1 aliphatic heterocycles. The molecule has 20 heavy (non-hydrogen) atoms. The minimum atomic E-state index is -0.825. The van der Waals surface area contributed by atoms with Crippen molar-refractivity contribution in [3.63, 3.8) is 0 Å². The smallest absolute Gasteiger partial charge is 0.326 e. The number of pyridine rings is 1. The van der Waals surface area contributed by atoms with Crippen LogP contribution in [0.1, 0.15) is 36.5 Å². The van der Waals surface area contributed by atoms with Crippen LogP contribution in [0.15, 0.2) is 18.3 Å². The maximum atomic E-state index is 11.7. The Hall–Kier alpha value is -2.11. The lowest BCUT2D eigenvalue weighted by molar-refractivity contribution is -0.138. The fourth-order valence-electron chi connectivity index (χ4n) is 2.33. The number of nitrogens with one attached hydrogen (secondary N) is 1. The van der Waals surface area contributed by atoms with Gasteiger partial charge >= 0.3 is 5.97 Å². The number of nitrogens with zero attached hydrogens (tertiary/aromatic N) is 2.